The summed E-state index contributed by atoms with van der Waals surface area (Å²) in [6, 6.07) is 10.5. The largest absolute Gasteiger partial charge is 0.457 e. The Morgan fingerprint density at radius 3 is 2.29 bits per heavy atom. The molecule has 0 heterocycles. The van der Waals surface area contributed by atoms with Gasteiger partial charge in [-0.15, -0.1) is 0 Å². The van der Waals surface area contributed by atoms with Gasteiger partial charge in [0.05, 0.1) is 5.56 Å². The summed E-state index contributed by atoms with van der Waals surface area (Å²) in [7, 11) is 0. The molecule has 0 amide bonds. The highest BCUT2D eigenvalue weighted by Gasteiger charge is 2.13. The van der Waals surface area contributed by atoms with Crippen LogP contribution in [0.3, 0.4) is 0 Å². The lowest BCUT2D eigenvalue weighted by Crippen LogP contribution is -2.00. The van der Waals surface area contributed by atoms with Crippen LogP contribution in [-0.2, 0) is 0 Å². The average molecular weight is 286 g/mol. The topological polar surface area (TPSA) is 26.3 Å². The molecule has 2 rings (SSSR count). The van der Waals surface area contributed by atoms with Gasteiger partial charge in [-0.2, -0.15) is 0 Å². The minimum atomic E-state index is -0.400. The van der Waals surface area contributed by atoms with Crippen molar-refractivity contribution in [2.24, 2.45) is 0 Å². The molecule has 0 saturated heterocycles. The number of ketones is 1. The Labute approximate surface area is 124 Å². The second-order valence-electron chi connectivity index (χ2n) is 5.48. The third-order valence-corrected chi connectivity index (χ3v) is 3.41. The first-order valence-corrected chi connectivity index (χ1v) is 6.97. The van der Waals surface area contributed by atoms with Crippen LogP contribution < -0.4 is 4.74 Å². The van der Waals surface area contributed by atoms with Gasteiger partial charge in [-0.25, -0.2) is 4.39 Å². The highest BCUT2D eigenvalue weighted by molar-refractivity contribution is 5.97. The number of carbonyl (C=O) groups excluding carboxylic acids is 1. The van der Waals surface area contributed by atoms with Crippen molar-refractivity contribution in [2.45, 2.75) is 33.6 Å². The molecule has 0 aliphatic carbocycles. The Morgan fingerprint density at radius 1 is 1.14 bits per heavy atom. The van der Waals surface area contributed by atoms with Gasteiger partial charge in [0.15, 0.2) is 5.78 Å². The SMILES string of the molecule is CC(=O)c1cc(F)c(C)cc1Oc1ccc(C(C)C)cc1. The maximum absolute atomic E-state index is 13.6. The molecule has 2 aromatic carbocycles. The zero-order chi connectivity index (χ0) is 15.6. The fourth-order valence-corrected chi connectivity index (χ4v) is 2.06. The van der Waals surface area contributed by atoms with Crippen LogP contribution in [0.5, 0.6) is 11.5 Å². The van der Waals surface area contributed by atoms with Crippen LogP contribution in [-0.4, -0.2) is 5.78 Å². The zero-order valence-electron chi connectivity index (χ0n) is 12.7. The fourth-order valence-electron chi connectivity index (χ4n) is 2.06. The monoisotopic (exact) mass is 286 g/mol. The van der Waals surface area contributed by atoms with Crippen LogP contribution in [0.4, 0.5) is 4.39 Å². The van der Waals surface area contributed by atoms with Gasteiger partial charge in [0, 0.05) is 0 Å². The van der Waals surface area contributed by atoms with E-state index in [1.807, 2.05) is 24.3 Å². The number of halogens is 1. The molecule has 0 aliphatic heterocycles. The number of Topliss-reactive ketones (excluding diaryl/α,β-unsaturated/α-hetero) is 1. The lowest BCUT2D eigenvalue weighted by Gasteiger charge is -2.12. The summed E-state index contributed by atoms with van der Waals surface area (Å²) < 4.78 is 19.3. The fraction of sp³-hybridized carbons (Fsp3) is 0.278. The van der Waals surface area contributed by atoms with Crippen molar-refractivity contribution in [3.05, 3.63) is 58.9 Å². The summed E-state index contributed by atoms with van der Waals surface area (Å²) in [6.07, 6.45) is 0. The van der Waals surface area contributed by atoms with E-state index >= 15 is 0 Å². The van der Waals surface area contributed by atoms with Crippen molar-refractivity contribution >= 4 is 5.78 Å². The Balaban J connectivity index is 2.34. The predicted octanol–water partition coefficient (Wildman–Crippen LogP) is 5.25. The van der Waals surface area contributed by atoms with Crippen molar-refractivity contribution in [1.82, 2.24) is 0 Å². The van der Waals surface area contributed by atoms with Crippen molar-refractivity contribution in [3.8, 4) is 11.5 Å². The number of aryl methyl sites for hydroxylation is 1. The van der Waals surface area contributed by atoms with E-state index in [4.69, 9.17) is 4.74 Å². The minimum Gasteiger partial charge on any atom is -0.457 e. The molecule has 0 aromatic heterocycles. The van der Waals surface area contributed by atoms with E-state index in [0.717, 1.165) is 0 Å². The molecule has 0 fully saturated rings. The average Bonchev–Trinajstić information content (AvgIpc) is 2.43. The standard InChI is InChI=1S/C18H19FO2/c1-11(2)14-5-7-15(8-6-14)21-18-9-12(3)17(19)10-16(18)13(4)20/h5-11H,1-4H3. The Hall–Kier alpha value is -2.16. The summed E-state index contributed by atoms with van der Waals surface area (Å²) in [6.45, 7) is 7.28. The van der Waals surface area contributed by atoms with Gasteiger partial charge in [-0.1, -0.05) is 26.0 Å². The van der Waals surface area contributed by atoms with E-state index in [0.29, 0.717) is 23.0 Å². The number of ether oxygens (including phenoxy) is 1. The first kappa shape index (κ1) is 15.2. The number of benzene rings is 2. The summed E-state index contributed by atoms with van der Waals surface area (Å²) in [5, 5.41) is 0. The molecular formula is C18H19FO2. The number of hydrogen-bond donors (Lipinski definition) is 0. The van der Waals surface area contributed by atoms with Crippen LogP contribution in [0.2, 0.25) is 0 Å². The van der Waals surface area contributed by atoms with Gasteiger partial charge < -0.3 is 4.74 Å². The molecule has 110 valence electrons. The first-order valence-electron chi connectivity index (χ1n) is 6.97. The van der Waals surface area contributed by atoms with Crippen LogP contribution in [0, 0.1) is 12.7 Å². The Bertz CT molecular complexity index is 658. The van der Waals surface area contributed by atoms with Crippen LogP contribution in [0.25, 0.3) is 0 Å². The normalized spacial score (nSPS) is 10.8. The second kappa shape index (κ2) is 6.08. The first-order chi connectivity index (χ1) is 9.88. The summed E-state index contributed by atoms with van der Waals surface area (Å²) >= 11 is 0. The molecule has 2 nitrogen and oxygen atoms in total. The molecule has 0 N–H and O–H groups in total. The van der Waals surface area contributed by atoms with Crippen LogP contribution >= 0.6 is 0 Å². The van der Waals surface area contributed by atoms with Crippen LogP contribution in [0.1, 0.15) is 48.2 Å². The lowest BCUT2D eigenvalue weighted by molar-refractivity contribution is 0.101. The third-order valence-electron chi connectivity index (χ3n) is 3.41. The minimum absolute atomic E-state index is 0.220. The van der Waals surface area contributed by atoms with E-state index < -0.39 is 5.82 Å². The van der Waals surface area contributed by atoms with Crippen molar-refractivity contribution in [1.29, 1.82) is 0 Å². The van der Waals surface area contributed by atoms with E-state index in [2.05, 4.69) is 13.8 Å². The summed E-state index contributed by atoms with van der Waals surface area (Å²) in [4.78, 5) is 11.6. The maximum Gasteiger partial charge on any atom is 0.163 e. The van der Waals surface area contributed by atoms with Crippen molar-refractivity contribution in [3.63, 3.8) is 0 Å². The molecule has 2 aromatic rings. The third kappa shape index (κ3) is 3.48. The van der Waals surface area contributed by atoms with Gasteiger partial charge in [0.2, 0.25) is 0 Å². The highest BCUT2D eigenvalue weighted by Crippen LogP contribution is 2.29. The summed E-state index contributed by atoms with van der Waals surface area (Å²) in [5.74, 6) is 0.844. The van der Waals surface area contributed by atoms with E-state index in [9.17, 15) is 9.18 Å². The van der Waals surface area contributed by atoms with Gasteiger partial charge in [0.25, 0.3) is 0 Å². The maximum atomic E-state index is 13.6. The smallest absolute Gasteiger partial charge is 0.163 e. The molecule has 0 spiro atoms. The van der Waals surface area contributed by atoms with Gasteiger partial charge in [-0.3, -0.25) is 4.79 Å². The van der Waals surface area contributed by atoms with Gasteiger partial charge >= 0.3 is 0 Å². The second-order valence-corrected chi connectivity index (χ2v) is 5.48. The molecule has 0 bridgehead atoms. The van der Waals surface area contributed by atoms with Gasteiger partial charge in [0.1, 0.15) is 17.3 Å². The molecule has 0 radical (unpaired) electrons. The van der Waals surface area contributed by atoms with E-state index in [1.165, 1.54) is 18.6 Å². The van der Waals surface area contributed by atoms with Crippen molar-refractivity contribution in [2.75, 3.05) is 0 Å². The summed E-state index contributed by atoms with van der Waals surface area (Å²) in [5.41, 5.74) is 1.92. The van der Waals surface area contributed by atoms with E-state index in [1.54, 1.807) is 13.0 Å². The molecule has 0 atom stereocenters. The quantitative estimate of drug-likeness (QED) is 0.717. The molecule has 3 heteroatoms. The molecule has 0 aliphatic rings. The van der Waals surface area contributed by atoms with Crippen LogP contribution in [0.15, 0.2) is 36.4 Å². The van der Waals surface area contributed by atoms with Gasteiger partial charge in [-0.05, 0) is 55.2 Å². The highest BCUT2D eigenvalue weighted by atomic mass is 19.1. The molecule has 0 saturated carbocycles. The Kier molecular flexibility index (Phi) is 4.41. The molecule has 0 unspecified atom stereocenters. The zero-order valence-corrected chi connectivity index (χ0v) is 12.7. The Morgan fingerprint density at radius 2 is 1.76 bits per heavy atom. The lowest BCUT2D eigenvalue weighted by atomic mass is 10.0. The van der Waals surface area contributed by atoms with Crippen molar-refractivity contribution < 1.29 is 13.9 Å². The number of rotatable bonds is 4. The van der Waals surface area contributed by atoms with E-state index in [-0.39, 0.29) is 11.3 Å². The number of carbonyl (C=O) groups is 1. The predicted molar refractivity (Wildman–Crippen MR) is 81.7 cm³/mol. The molecular weight excluding hydrogens is 267 g/mol. The number of hydrogen-bond acceptors (Lipinski definition) is 2. The molecule has 21 heavy (non-hydrogen) atoms.